The summed E-state index contributed by atoms with van der Waals surface area (Å²) in [4.78, 5) is 43.6. The van der Waals surface area contributed by atoms with E-state index in [-0.39, 0.29) is 0 Å². The quantitative estimate of drug-likeness (QED) is 0.559. The highest BCUT2D eigenvalue weighted by Crippen LogP contribution is 2.39. The predicted molar refractivity (Wildman–Crippen MR) is 127 cm³/mol. The zero-order valence-corrected chi connectivity index (χ0v) is 19.2. The van der Waals surface area contributed by atoms with Crippen molar-refractivity contribution in [2.24, 2.45) is 11.7 Å². The summed E-state index contributed by atoms with van der Waals surface area (Å²) >= 11 is 1.38. The number of hydrogen-bond donors (Lipinski definition) is 2. The van der Waals surface area contributed by atoms with Crippen LogP contribution in [-0.2, 0) is 35.2 Å². The lowest BCUT2D eigenvalue weighted by atomic mass is 9.84. The van der Waals surface area contributed by atoms with E-state index in [1.807, 2.05) is 24.3 Å². The van der Waals surface area contributed by atoms with Crippen molar-refractivity contribution in [3.05, 3.63) is 57.1 Å². The van der Waals surface area contributed by atoms with Crippen LogP contribution < -0.4 is 11.1 Å². The molecule has 0 unspecified atom stereocenters. The number of amides is 2. The molecule has 3 aromatic rings. The van der Waals surface area contributed by atoms with Gasteiger partial charge in [-0.15, -0.1) is 11.3 Å². The van der Waals surface area contributed by atoms with Crippen molar-refractivity contribution in [2.75, 3.05) is 11.9 Å². The molecule has 0 spiro atoms. The van der Waals surface area contributed by atoms with Crippen LogP contribution in [0.4, 0.5) is 5.00 Å². The lowest BCUT2D eigenvalue weighted by Crippen LogP contribution is -2.24. The number of fused-ring (bicyclic) bond motifs is 3. The second-order valence-corrected chi connectivity index (χ2v) is 9.93. The summed E-state index contributed by atoms with van der Waals surface area (Å²) in [5.41, 5.74) is 9.99. The van der Waals surface area contributed by atoms with Gasteiger partial charge in [-0.2, -0.15) is 0 Å². The molecule has 1 atom stereocenters. The minimum Gasteiger partial charge on any atom is -0.452 e. The average molecular weight is 464 g/mol. The second-order valence-electron chi connectivity index (χ2n) is 8.83. The molecule has 3 N–H and O–H groups in total. The number of para-hydroxylation sites is 1. The number of anilines is 1. The molecule has 2 amide bonds. The molecular formula is C25H25N3O4S. The molecule has 2 heterocycles. The van der Waals surface area contributed by atoms with E-state index in [0.717, 1.165) is 71.1 Å². The molecule has 0 radical (unpaired) electrons. The third-order valence-corrected chi connectivity index (χ3v) is 7.67. The van der Waals surface area contributed by atoms with Crippen LogP contribution in [0.2, 0.25) is 0 Å². The van der Waals surface area contributed by atoms with Gasteiger partial charge in [0, 0.05) is 16.0 Å². The van der Waals surface area contributed by atoms with Crippen LogP contribution >= 0.6 is 11.3 Å². The molecule has 8 heteroatoms. The molecular weight excluding hydrogens is 438 g/mol. The Morgan fingerprint density at radius 3 is 2.79 bits per heavy atom. The number of carbonyl (C=O) groups excluding carboxylic acids is 3. The molecule has 7 nitrogen and oxygen atoms in total. The number of carbonyl (C=O) groups is 3. The Labute approximate surface area is 195 Å². The van der Waals surface area contributed by atoms with Crippen LogP contribution in [0, 0.1) is 5.92 Å². The topological polar surface area (TPSA) is 111 Å². The molecule has 170 valence electrons. The summed E-state index contributed by atoms with van der Waals surface area (Å²) in [6.45, 7) is 1.72. The van der Waals surface area contributed by atoms with Crippen LogP contribution in [0.3, 0.4) is 0 Å². The molecule has 0 saturated carbocycles. The minimum atomic E-state index is -0.550. The fraction of sp³-hybridized carbons (Fsp3) is 0.360. The Morgan fingerprint density at radius 2 is 1.97 bits per heavy atom. The molecule has 2 aliphatic rings. The van der Waals surface area contributed by atoms with Gasteiger partial charge in [0.15, 0.2) is 6.61 Å². The van der Waals surface area contributed by atoms with E-state index in [1.165, 1.54) is 11.3 Å². The molecule has 1 aromatic carbocycles. The molecule has 2 aliphatic carbocycles. The molecule has 33 heavy (non-hydrogen) atoms. The summed E-state index contributed by atoms with van der Waals surface area (Å²) in [7, 11) is 0. The first kappa shape index (κ1) is 21.6. The number of benzene rings is 1. The lowest BCUT2D eigenvalue weighted by Gasteiger charge is -2.24. The molecule has 0 aliphatic heterocycles. The minimum absolute atomic E-state index is 0.385. The van der Waals surface area contributed by atoms with Crippen LogP contribution in [0.5, 0.6) is 0 Å². The smallest absolute Gasteiger partial charge is 0.339 e. The first-order valence-electron chi connectivity index (χ1n) is 11.2. The maximum absolute atomic E-state index is 13.2. The summed E-state index contributed by atoms with van der Waals surface area (Å²) in [6.07, 6.45) is 5.25. The SMILES string of the molecule is C[C@@H]1CCc2nc3ccccc3c(C(=O)OCC(=O)Nc3sc4c(c3C(N)=O)CCC4)c2C1. The Balaban J connectivity index is 1.37. The summed E-state index contributed by atoms with van der Waals surface area (Å²) in [5.74, 6) is -1.13. The monoisotopic (exact) mass is 463 g/mol. The predicted octanol–water partition coefficient (Wildman–Crippen LogP) is 3.80. The van der Waals surface area contributed by atoms with Crippen LogP contribution in [0.1, 0.15) is 62.2 Å². The largest absolute Gasteiger partial charge is 0.452 e. The molecule has 0 saturated heterocycles. The fourth-order valence-electron chi connectivity index (χ4n) is 4.91. The van der Waals surface area contributed by atoms with Gasteiger partial charge in [0.2, 0.25) is 0 Å². The number of nitrogens with two attached hydrogens (primary N) is 1. The Hall–Kier alpha value is -3.26. The average Bonchev–Trinajstić information content (AvgIpc) is 3.36. The van der Waals surface area contributed by atoms with Crippen LogP contribution in [0.15, 0.2) is 24.3 Å². The van der Waals surface area contributed by atoms with E-state index in [2.05, 4.69) is 12.2 Å². The maximum Gasteiger partial charge on any atom is 0.339 e. The number of nitrogens with one attached hydrogen (secondary N) is 1. The second kappa shape index (κ2) is 8.59. The van der Waals surface area contributed by atoms with Crippen molar-refractivity contribution in [2.45, 2.75) is 45.4 Å². The number of nitrogens with zero attached hydrogens (tertiary/aromatic N) is 1. The maximum atomic E-state index is 13.2. The molecule has 5 rings (SSSR count). The van der Waals surface area contributed by atoms with Crippen molar-refractivity contribution >= 4 is 45.0 Å². The van der Waals surface area contributed by atoms with E-state index in [0.29, 0.717) is 22.0 Å². The Morgan fingerprint density at radius 1 is 1.15 bits per heavy atom. The van der Waals surface area contributed by atoms with E-state index in [1.54, 1.807) is 0 Å². The van der Waals surface area contributed by atoms with Gasteiger partial charge >= 0.3 is 5.97 Å². The van der Waals surface area contributed by atoms with Crippen molar-refractivity contribution < 1.29 is 19.1 Å². The van der Waals surface area contributed by atoms with Crippen LogP contribution in [0.25, 0.3) is 10.9 Å². The Bertz CT molecular complexity index is 1300. The highest BCUT2D eigenvalue weighted by atomic mass is 32.1. The third kappa shape index (κ3) is 3.99. The van der Waals surface area contributed by atoms with E-state index in [9.17, 15) is 14.4 Å². The third-order valence-electron chi connectivity index (χ3n) is 6.46. The lowest BCUT2D eigenvalue weighted by molar-refractivity contribution is -0.119. The highest BCUT2D eigenvalue weighted by molar-refractivity contribution is 7.17. The van der Waals surface area contributed by atoms with Crippen molar-refractivity contribution in [1.82, 2.24) is 4.98 Å². The molecule has 0 fully saturated rings. The first-order chi connectivity index (χ1) is 15.9. The number of aryl methyl sites for hydroxylation is 2. The number of esters is 1. The van der Waals surface area contributed by atoms with Gasteiger partial charge in [-0.05, 0) is 61.6 Å². The van der Waals surface area contributed by atoms with Crippen molar-refractivity contribution in [3.63, 3.8) is 0 Å². The zero-order chi connectivity index (χ0) is 23.1. The highest BCUT2D eigenvalue weighted by Gasteiger charge is 2.28. The van der Waals surface area contributed by atoms with E-state index in [4.69, 9.17) is 15.5 Å². The van der Waals surface area contributed by atoms with Crippen molar-refractivity contribution in [1.29, 1.82) is 0 Å². The van der Waals surface area contributed by atoms with Gasteiger partial charge in [-0.25, -0.2) is 4.79 Å². The summed E-state index contributed by atoms with van der Waals surface area (Å²) in [6, 6.07) is 7.52. The zero-order valence-electron chi connectivity index (χ0n) is 18.4. The van der Waals surface area contributed by atoms with Gasteiger partial charge < -0.3 is 15.8 Å². The number of hydrogen-bond acceptors (Lipinski definition) is 6. The number of rotatable bonds is 5. The van der Waals surface area contributed by atoms with Gasteiger partial charge in [-0.3, -0.25) is 14.6 Å². The molecule has 2 aromatic heterocycles. The number of pyridine rings is 1. The van der Waals surface area contributed by atoms with Gasteiger partial charge in [0.1, 0.15) is 5.00 Å². The van der Waals surface area contributed by atoms with Crippen molar-refractivity contribution in [3.8, 4) is 0 Å². The number of primary amides is 1. The van der Waals surface area contributed by atoms with Gasteiger partial charge in [0.25, 0.3) is 11.8 Å². The number of aromatic nitrogens is 1. The van der Waals surface area contributed by atoms with Gasteiger partial charge in [0.05, 0.1) is 16.6 Å². The van der Waals surface area contributed by atoms with E-state index >= 15 is 0 Å². The summed E-state index contributed by atoms with van der Waals surface area (Å²) < 4.78 is 5.46. The van der Waals surface area contributed by atoms with E-state index < -0.39 is 24.4 Å². The summed E-state index contributed by atoms with van der Waals surface area (Å²) in [5, 5.41) is 3.90. The van der Waals surface area contributed by atoms with Gasteiger partial charge in [-0.1, -0.05) is 25.1 Å². The molecule has 0 bridgehead atoms. The normalized spacial score (nSPS) is 16.8. The Kier molecular flexibility index (Phi) is 5.62. The standard InChI is InChI=1S/C25H25N3O4S/c1-13-9-10-18-16(11-13)21(14-5-2-3-7-17(14)27-18)25(31)32-12-20(29)28-24-22(23(26)30)15-6-4-8-19(15)33-24/h2-3,5,7,13H,4,6,8-12H2,1H3,(H2,26,30)(H,28,29)/t13-/m1/s1. The van der Waals surface area contributed by atoms with Crippen LogP contribution in [-0.4, -0.2) is 29.4 Å². The number of thiophene rings is 1. The number of ether oxygens (including phenoxy) is 1. The first-order valence-corrected chi connectivity index (χ1v) is 12.1. The fourth-order valence-corrected chi connectivity index (χ4v) is 6.23.